The molecule has 0 unspecified atom stereocenters. The lowest BCUT2D eigenvalue weighted by Crippen LogP contribution is -1.73. The third-order valence-electron chi connectivity index (χ3n) is 1.07. The van der Waals surface area contributed by atoms with Crippen molar-refractivity contribution in [1.82, 2.24) is 0 Å². The summed E-state index contributed by atoms with van der Waals surface area (Å²) in [4.78, 5) is 0. The number of alkyl halides is 1. The summed E-state index contributed by atoms with van der Waals surface area (Å²) in [5, 5.41) is 0.931. The van der Waals surface area contributed by atoms with Crippen molar-refractivity contribution in [2.24, 2.45) is 0 Å². The van der Waals surface area contributed by atoms with Crippen LogP contribution in [-0.2, 0) is 5.33 Å². The summed E-state index contributed by atoms with van der Waals surface area (Å²) in [5.41, 5.74) is 1.30. The van der Waals surface area contributed by atoms with E-state index in [4.69, 9.17) is 0 Å². The van der Waals surface area contributed by atoms with E-state index in [2.05, 4.69) is 44.0 Å². The van der Waals surface area contributed by atoms with Crippen LogP contribution < -0.4 is 0 Å². The highest BCUT2D eigenvalue weighted by Crippen LogP contribution is 2.11. The Balaban J connectivity index is 0. The number of benzene rings is 1. The van der Waals surface area contributed by atoms with Gasteiger partial charge in [0.25, 0.3) is 0 Å². The Morgan fingerprint density at radius 2 is 1.31 bits per heavy atom. The molecule has 0 bridgehead atoms. The number of halogens is 2. The zero-order chi connectivity index (χ0) is 10.7. The third kappa shape index (κ3) is 8.51. The van der Waals surface area contributed by atoms with Crippen LogP contribution in [0.5, 0.6) is 0 Å². The summed E-state index contributed by atoms with van der Waals surface area (Å²) < 4.78 is 1.13. The highest BCUT2D eigenvalue weighted by Gasteiger charge is 1.86. The first kappa shape index (κ1) is 15.6. The Kier molecular flexibility index (Phi) is 14.7. The van der Waals surface area contributed by atoms with Crippen LogP contribution in [0.25, 0.3) is 0 Å². The van der Waals surface area contributed by atoms with E-state index in [1.165, 1.54) is 5.56 Å². The smallest absolute Gasteiger partial charge is 0.0283 e. The van der Waals surface area contributed by atoms with Gasteiger partial charge in [0, 0.05) is 9.80 Å². The lowest BCUT2D eigenvalue weighted by Gasteiger charge is -1.92. The van der Waals surface area contributed by atoms with Gasteiger partial charge in [0.2, 0.25) is 0 Å². The van der Waals surface area contributed by atoms with Crippen LogP contribution in [0, 0.1) is 0 Å². The Hall–Kier alpha value is 0.180. The van der Waals surface area contributed by atoms with Crippen LogP contribution in [0.2, 0.25) is 0 Å². The van der Waals surface area contributed by atoms with Crippen LogP contribution in [0.1, 0.15) is 33.3 Å². The average molecular weight is 310 g/mol. The largest absolute Gasteiger partial charge is 0.0876 e. The molecule has 0 heterocycles. The Labute approximate surface area is 99.0 Å². The van der Waals surface area contributed by atoms with Crippen molar-refractivity contribution < 1.29 is 0 Å². The molecule has 0 N–H and O–H groups in total. The zero-order valence-electron chi connectivity index (χ0n) is 8.77. The second kappa shape index (κ2) is 12.2. The number of hydrogen-bond acceptors (Lipinski definition) is 0. The zero-order valence-corrected chi connectivity index (χ0v) is 11.9. The molecule has 0 saturated heterocycles. The summed E-state index contributed by atoms with van der Waals surface area (Å²) in [5.74, 6) is 0. The fourth-order valence-electron chi connectivity index (χ4n) is 0.573. The van der Waals surface area contributed by atoms with Crippen LogP contribution in [0.3, 0.4) is 0 Å². The molecule has 0 radical (unpaired) electrons. The van der Waals surface area contributed by atoms with E-state index in [0.29, 0.717) is 0 Å². The fraction of sp³-hybridized carbons (Fsp3) is 0.455. The van der Waals surface area contributed by atoms with Gasteiger partial charge in [-0.2, -0.15) is 0 Å². The summed E-state index contributed by atoms with van der Waals surface area (Å²) in [6.07, 6.45) is 0. The molecule has 0 amide bonds. The molecule has 2 heteroatoms. The molecule has 1 rings (SSSR count). The first-order valence-corrected chi connectivity index (χ1v) is 6.55. The highest BCUT2D eigenvalue weighted by atomic mass is 79.9. The van der Waals surface area contributed by atoms with Gasteiger partial charge in [0.1, 0.15) is 0 Å². The van der Waals surface area contributed by atoms with Gasteiger partial charge in [-0.3, -0.25) is 0 Å². The van der Waals surface area contributed by atoms with Crippen molar-refractivity contribution >= 4 is 31.9 Å². The molecule has 0 aliphatic heterocycles. The minimum atomic E-state index is 0.931. The van der Waals surface area contributed by atoms with Crippen molar-refractivity contribution in [2.45, 2.75) is 33.0 Å². The van der Waals surface area contributed by atoms with E-state index >= 15 is 0 Å². The average Bonchev–Trinajstić information content (AvgIpc) is 2.25. The van der Waals surface area contributed by atoms with Crippen molar-refractivity contribution in [3.63, 3.8) is 0 Å². The fourth-order valence-corrected chi connectivity index (χ4v) is 1.21. The van der Waals surface area contributed by atoms with Gasteiger partial charge in [-0.15, -0.1) is 0 Å². The molecule has 0 fully saturated rings. The van der Waals surface area contributed by atoms with Crippen LogP contribution >= 0.6 is 31.9 Å². The molecule has 76 valence electrons. The Morgan fingerprint density at radius 1 is 0.923 bits per heavy atom. The van der Waals surface area contributed by atoms with Crippen molar-refractivity contribution in [1.29, 1.82) is 0 Å². The normalized spacial score (nSPS) is 7.54. The van der Waals surface area contributed by atoms with Gasteiger partial charge >= 0.3 is 0 Å². The maximum absolute atomic E-state index is 3.37. The monoisotopic (exact) mass is 308 g/mol. The van der Waals surface area contributed by atoms with Gasteiger partial charge in [0.05, 0.1) is 0 Å². The van der Waals surface area contributed by atoms with Gasteiger partial charge in [-0.25, -0.2) is 0 Å². The summed E-state index contributed by atoms with van der Waals surface area (Å²) >= 11 is 6.73. The molecule has 1 aromatic rings. The quantitative estimate of drug-likeness (QED) is 0.610. The second-order valence-corrected chi connectivity index (χ2v) is 3.24. The molecule has 0 nitrogen and oxygen atoms in total. The Morgan fingerprint density at radius 3 is 1.62 bits per heavy atom. The van der Waals surface area contributed by atoms with Gasteiger partial charge < -0.3 is 0 Å². The van der Waals surface area contributed by atoms with Crippen LogP contribution in [0.4, 0.5) is 0 Å². The van der Waals surface area contributed by atoms with E-state index in [-0.39, 0.29) is 0 Å². The van der Waals surface area contributed by atoms with E-state index in [0.717, 1.165) is 9.80 Å². The maximum Gasteiger partial charge on any atom is 0.0283 e. The molecule has 0 spiro atoms. The molecule has 0 atom stereocenters. The first-order valence-electron chi connectivity index (χ1n) is 4.63. The number of rotatable bonds is 1. The lowest BCUT2D eigenvalue weighted by atomic mass is 10.2. The van der Waals surface area contributed by atoms with E-state index in [1.807, 2.05) is 39.8 Å². The predicted octanol–water partition coefficient (Wildman–Crippen LogP) is 5.40. The molecule has 0 aromatic heterocycles. The summed E-state index contributed by atoms with van der Waals surface area (Å²) in [6, 6.07) is 8.24. The molecule has 0 saturated carbocycles. The topological polar surface area (TPSA) is 0 Å². The molecule has 0 aliphatic carbocycles. The summed E-state index contributed by atoms with van der Waals surface area (Å²) in [6.45, 7) is 8.00. The SMILES string of the molecule is BrCc1ccc(Br)cc1.CC.CC. The predicted molar refractivity (Wildman–Crippen MR) is 69.5 cm³/mol. The molecule has 0 aliphatic rings. The maximum atomic E-state index is 3.37. The second-order valence-electron chi connectivity index (χ2n) is 1.76. The highest BCUT2D eigenvalue weighted by molar-refractivity contribution is 9.10. The van der Waals surface area contributed by atoms with Gasteiger partial charge in [0.15, 0.2) is 0 Å². The minimum absolute atomic E-state index is 0.931. The minimum Gasteiger partial charge on any atom is -0.0876 e. The molecular formula is C11H18Br2. The van der Waals surface area contributed by atoms with Crippen molar-refractivity contribution in [3.8, 4) is 0 Å². The van der Waals surface area contributed by atoms with Gasteiger partial charge in [-0.1, -0.05) is 71.7 Å². The molecule has 13 heavy (non-hydrogen) atoms. The van der Waals surface area contributed by atoms with Crippen molar-refractivity contribution in [2.75, 3.05) is 0 Å². The first-order chi connectivity index (χ1) is 6.33. The number of hydrogen-bond donors (Lipinski definition) is 0. The molecule has 1 aromatic carbocycles. The third-order valence-corrected chi connectivity index (χ3v) is 2.24. The van der Waals surface area contributed by atoms with Crippen LogP contribution in [-0.4, -0.2) is 0 Å². The standard InChI is InChI=1S/C7H6Br2.2C2H6/c8-5-6-1-3-7(9)4-2-6;2*1-2/h1-4H,5H2;2*1-2H3. The van der Waals surface area contributed by atoms with E-state index in [9.17, 15) is 0 Å². The summed E-state index contributed by atoms with van der Waals surface area (Å²) in [7, 11) is 0. The van der Waals surface area contributed by atoms with E-state index < -0.39 is 0 Å². The lowest BCUT2D eigenvalue weighted by molar-refractivity contribution is 1.43. The van der Waals surface area contributed by atoms with Crippen molar-refractivity contribution in [3.05, 3.63) is 34.3 Å². The van der Waals surface area contributed by atoms with Crippen LogP contribution in [0.15, 0.2) is 28.7 Å². The molecular weight excluding hydrogens is 292 g/mol. The Bertz CT molecular complexity index is 180. The van der Waals surface area contributed by atoms with E-state index in [1.54, 1.807) is 0 Å². The van der Waals surface area contributed by atoms with Gasteiger partial charge in [-0.05, 0) is 17.7 Å².